The van der Waals surface area contributed by atoms with Gasteiger partial charge in [-0.3, -0.25) is 4.90 Å². The van der Waals surface area contributed by atoms with Crippen LogP contribution in [-0.4, -0.2) is 30.6 Å². The van der Waals surface area contributed by atoms with Gasteiger partial charge in [-0.05, 0) is 38.3 Å². The van der Waals surface area contributed by atoms with Crippen molar-refractivity contribution in [3.8, 4) is 0 Å². The maximum atomic E-state index is 5.94. The minimum Gasteiger partial charge on any atom is -0.329 e. The van der Waals surface area contributed by atoms with Gasteiger partial charge in [0.1, 0.15) is 0 Å². The second-order valence-electron chi connectivity index (χ2n) is 6.43. The molecule has 1 heterocycles. The molecule has 0 radical (unpaired) electrons. The number of unbranched alkanes of at least 4 members (excludes halogenated alkanes) is 7. The van der Waals surface area contributed by atoms with Crippen molar-refractivity contribution < 1.29 is 0 Å². The molecule has 2 nitrogen and oxygen atoms in total. The molecule has 0 aromatic heterocycles. The van der Waals surface area contributed by atoms with Gasteiger partial charge in [-0.25, -0.2) is 0 Å². The summed E-state index contributed by atoms with van der Waals surface area (Å²) in [6.07, 6.45) is 14.1. The largest absolute Gasteiger partial charge is 0.329 e. The summed E-state index contributed by atoms with van der Waals surface area (Å²) in [6.45, 7) is 8.06. The standard InChI is InChI=1S/C17H36N2/c1-3-4-5-6-7-8-9-10-13-19-14-11-12-16(2)17(19)15-18/h16-17H,3-15,18H2,1-2H3. The number of likely N-dealkylation sites (tertiary alicyclic amines) is 1. The molecule has 0 aromatic rings. The first kappa shape index (κ1) is 17.0. The molecule has 2 heteroatoms. The van der Waals surface area contributed by atoms with E-state index in [0.29, 0.717) is 6.04 Å². The van der Waals surface area contributed by atoms with Crippen LogP contribution >= 0.6 is 0 Å². The van der Waals surface area contributed by atoms with E-state index >= 15 is 0 Å². The quantitative estimate of drug-likeness (QED) is 0.602. The normalized spacial score (nSPS) is 24.8. The Hall–Kier alpha value is -0.0800. The van der Waals surface area contributed by atoms with Crippen molar-refractivity contribution in [2.45, 2.75) is 84.1 Å². The highest BCUT2D eigenvalue weighted by molar-refractivity contribution is 4.82. The predicted molar refractivity (Wildman–Crippen MR) is 85.4 cm³/mol. The van der Waals surface area contributed by atoms with Gasteiger partial charge in [-0.15, -0.1) is 0 Å². The number of nitrogens with zero attached hydrogens (tertiary/aromatic N) is 1. The fourth-order valence-corrected chi connectivity index (χ4v) is 3.44. The molecule has 19 heavy (non-hydrogen) atoms. The Labute approximate surface area is 121 Å². The molecule has 2 atom stereocenters. The number of hydrogen-bond donors (Lipinski definition) is 1. The molecule has 0 aliphatic carbocycles. The van der Waals surface area contributed by atoms with Crippen LogP contribution in [0.4, 0.5) is 0 Å². The number of rotatable bonds is 10. The smallest absolute Gasteiger partial charge is 0.0243 e. The van der Waals surface area contributed by atoms with Gasteiger partial charge in [0.05, 0.1) is 0 Å². The second kappa shape index (κ2) is 10.7. The van der Waals surface area contributed by atoms with Crippen LogP contribution < -0.4 is 5.73 Å². The van der Waals surface area contributed by atoms with Crippen LogP contribution in [0.2, 0.25) is 0 Å². The molecule has 0 aromatic carbocycles. The molecule has 2 unspecified atom stereocenters. The van der Waals surface area contributed by atoms with Crippen molar-refractivity contribution in [1.82, 2.24) is 4.90 Å². The highest BCUT2D eigenvalue weighted by atomic mass is 15.2. The topological polar surface area (TPSA) is 29.3 Å². The van der Waals surface area contributed by atoms with E-state index in [1.807, 2.05) is 0 Å². The lowest BCUT2D eigenvalue weighted by Gasteiger charge is -2.39. The van der Waals surface area contributed by atoms with E-state index in [0.717, 1.165) is 12.5 Å². The van der Waals surface area contributed by atoms with Gasteiger partial charge in [0.25, 0.3) is 0 Å². The molecule has 1 rings (SSSR count). The summed E-state index contributed by atoms with van der Waals surface area (Å²) in [4.78, 5) is 2.66. The minimum atomic E-state index is 0.651. The summed E-state index contributed by atoms with van der Waals surface area (Å²) < 4.78 is 0. The van der Waals surface area contributed by atoms with Crippen molar-refractivity contribution in [2.24, 2.45) is 11.7 Å². The fourth-order valence-electron chi connectivity index (χ4n) is 3.44. The molecule has 0 spiro atoms. The van der Waals surface area contributed by atoms with E-state index in [-0.39, 0.29) is 0 Å². The van der Waals surface area contributed by atoms with Crippen molar-refractivity contribution >= 4 is 0 Å². The first-order valence-electron chi connectivity index (χ1n) is 8.73. The third-order valence-electron chi connectivity index (χ3n) is 4.77. The monoisotopic (exact) mass is 268 g/mol. The minimum absolute atomic E-state index is 0.651. The van der Waals surface area contributed by atoms with Crippen LogP contribution in [0.15, 0.2) is 0 Å². The van der Waals surface area contributed by atoms with E-state index in [1.54, 1.807) is 0 Å². The first-order chi connectivity index (χ1) is 9.29. The Morgan fingerprint density at radius 3 is 2.26 bits per heavy atom. The van der Waals surface area contributed by atoms with Gasteiger partial charge < -0.3 is 5.73 Å². The van der Waals surface area contributed by atoms with Crippen LogP contribution in [0, 0.1) is 5.92 Å². The fraction of sp³-hybridized carbons (Fsp3) is 1.00. The molecule has 1 aliphatic rings. The molecule has 1 fully saturated rings. The van der Waals surface area contributed by atoms with Gasteiger partial charge in [-0.1, -0.05) is 58.8 Å². The molecular weight excluding hydrogens is 232 g/mol. The highest BCUT2D eigenvalue weighted by Crippen LogP contribution is 2.23. The zero-order chi connectivity index (χ0) is 13.9. The highest BCUT2D eigenvalue weighted by Gasteiger charge is 2.26. The van der Waals surface area contributed by atoms with Crippen LogP contribution in [0.5, 0.6) is 0 Å². The Morgan fingerprint density at radius 2 is 1.63 bits per heavy atom. The number of nitrogens with two attached hydrogens (primary N) is 1. The van der Waals surface area contributed by atoms with Crippen molar-refractivity contribution in [1.29, 1.82) is 0 Å². The molecule has 0 saturated carbocycles. The lowest BCUT2D eigenvalue weighted by atomic mass is 9.90. The average molecular weight is 268 g/mol. The maximum absolute atomic E-state index is 5.94. The van der Waals surface area contributed by atoms with E-state index in [4.69, 9.17) is 5.73 Å². The van der Waals surface area contributed by atoms with Gasteiger partial charge in [0, 0.05) is 12.6 Å². The van der Waals surface area contributed by atoms with Crippen molar-refractivity contribution in [2.75, 3.05) is 19.6 Å². The zero-order valence-corrected chi connectivity index (χ0v) is 13.4. The SMILES string of the molecule is CCCCCCCCCCN1CCCC(C)C1CN. The number of hydrogen-bond acceptors (Lipinski definition) is 2. The molecular formula is C17H36N2. The Morgan fingerprint density at radius 1 is 1.00 bits per heavy atom. The van der Waals surface area contributed by atoms with Gasteiger partial charge in [0.15, 0.2) is 0 Å². The first-order valence-corrected chi connectivity index (χ1v) is 8.73. The van der Waals surface area contributed by atoms with Crippen molar-refractivity contribution in [3.05, 3.63) is 0 Å². The van der Waals surface area contributed by atoms with Crippen molar-refractivity contribution in [3.63, 3.8) is 0 Å². The van der Waals surface area contributed by atoms with Gasteiger partial charge in [0.2, 0.25) is 0 Å². The number of piperidine rings is 1. The summed E-state index contributed by atoms with van der Waals surface area (Å²) in [5, 5.41) is 0. The molecule has 0 bridgehead atoms. The zero-order valence-electron chi connectivity index (χ0n) is 13.4. The third kappa shape index (κ3) is 6.76. The summed E-state index contributed by atoms with van der Waals surface area (Å²) in [6, 6.07) is 0.651. The van der Waals surface area contributed by atoms with Crippen LogP contribution in [-0.2, 0) is 0 Å². The van der Waals surface area contributed by atoms with E-state index in [1.165, 1.54) is 77.3 Å². The maximum Gasteiger partial charge on any atom is 0.0243 e. The summed E-state index contributed by atoms with van der Waals surface area (Å²) in [7, 11) is 0. The Balaban J connectivity index is 2.01. The van der Waals surface area contributed by atoms with E-state index < -0.39 is 0 Å². The molecule has 1 saturated heterocycles. The lowest BCUT2D eigenvalue weighted by Crippen LogP contribution is -2.48. The summed E-state index contributed by atoms with van der Waals surface area (Å²) in [5.41, 5.74) is 5.94. The summed E-state index contributed by atoms with van der Waals surface area (Å²) >= 11 is 0. The van der Waals surface area contributed by atoms with Crippen LogP contribution in [0.25, 0.3) is 0 Å². The predicted octanol–water partition coefficient (Wildman–Crippen LogP) is 4.19. The average Bonchev–Trinajstić information content (AvgIpc) is 2.42. The molecule has 114 valence electrons. The third-order valence-corrected chi connectivity index (χ3v) is 4.77. The molecule has 0 amide bonds. The van der Waals surface area contributed by atoms with E-state index in [9.17, 15) is 0 Å². The Bertz CT molecular complexity index is 205. The molecule has 2 N–H and O–H groups in total. The lowest BCUT2D eigenvalue weighted by molar-refractivity contribution is 0.104. The van der Waals surface area contributed by atoms with Crippen LogP contribution in [0.3, 0.4) is 0 Å². The Kier molecular flexibility index (Phi) is 9.54. The second-order valence-corrected chi connectivity index (χ2v) is 6.43. The van der Waals surface area contributed by atoms with Gasteiger partial charge in [-0.2, -0.15) is 0 Å². The molecule has 1 aliphatic heterocycles. The van der Waals surface area contributed by atoms with Gasteiger partial charge >= 0.3 is 0 Å². The summed E-state index contributed by atoms with van der Waals surface area (Å²) in [5.74, 6) is 0.799. The van der Waals surface area contributed by atoms with E-state index in [2.05, 4.69) is 18.7 Å². The van der Waals surface area contributed by atoms with Crippen LogP contribution in [0.1, 0.15) is 78.1 Å².